The lowest BCUT2D eigenvalue weighted by molar-refractivity contribution is 0.369. The predicted molar refractivity (Wildman–Crippen MR) is 93.7 cm³/mol. The van der Waals surface area contributed by atoms with Crippen molar-refractivity contribution >= 4 is 22.6 Å². The Morgan fingerprint density at radius 1 is 1.22 bits per heavy atom. The first-order valence-electron chi connectivity index (χ1n) is 7.52. The molecule has 1 aromatic heterocycles. The molecule has 2 N–H and O–H groups in total. The maximum Gasteiger partial charge on any atom is 0.129 e. The van der Waals surface area contributed by atoms with E-state index in [1.807, 2.05) is 31.3 Å². The van der Waals surface area contributed by atoms with Gasteiger partial charge in [-0.1, -0.05) is 23.7 Å². The molecule has 0 unspecified atom stereocenters. The minimum absolute atomic E-state index is 0.176. The molecule has 1 heterocycles. The van der Waals surface area contributed by atoms with Crippen molar-refractivity contribution in [2.24, 2.45) is 7.05 Å². The van der Waals surface area contributed by atoms with Gasteiger partial charge < -0.3 is 15.0 Å². The van der Waals surface area contributed by atoms with Gasteiger partial charge in [0.05, 0.1) is 16.6 Å². The van der Waals surface area contributed by atoms with Gasteiger partial charge >= 0.3 is 0 Å². The number of phenols is 1. The van der Waals surface area contributed by atoms with Gasteiger partial charge in [-0.25, -0.2) is 4.98 Å². The van der Waals surface area contributed by atoms with Gasteiger partial charge in [-0.15, -0.1) is 0 Å². The topological polar surface area (TPSA) is 50.1 Å². The van der Waals surface area contributed by atoms with E-state index in [9.17, 15) is 5.11 Å². The summed E-state index contributed by atoms with van der Waals surface area (Å²) in [5.41, 5.74) is 2.70. The Balaban J connectivity index is 1.86. The molecular formula is C18H20ClN3O. The van der Waals surface area contributed by atoms with E-state index >= 15 is 0 Å². The number of hydrogen-bond donors (Lipinski definition) is 2. The van der Waals surface area contributed by atoms with Crippen LogP contribution in [0.1, 0.15) is 25.2 Å². The van der Waals surface area contributed by atoms with Crippen molar-refractivity contribution in [1.29, 1.82) is 0 Å². The molecule has 0 radical (unpaired) electrons. The molecule has 0 saturated heterocycles. The normalized spacial score (nSPS) is 12.0. The maximum atomic E-state index is 9.65. The second kappa shape index (κ2) is 5.87. The van der Waals surface area contributed by atoms with Crippen molar-refractivity contribution in [2.75, 3.05) is 0 Å². The molecule has 0 saturated carbocycles. The third-order valence-corrected chi connectivity index (χ3v) is 4.24. The molecule has 120 valence electrons. The molecule has 5 heteroatoms. The summed E-state index contributed by atoms with van der Waals surface area (Å²) in [5, 5.41) is 13.7. The van der Waals surface area contributed by atoms with Crippen LogP contribution in [0, 0.1) is 0 Å². The molecule has 3 rings (SSSR count). The molecule has 23 heavy (non-hydrogen) atoms. The summed E-state index contributed by atoms with van der Waals surface area (Å²) in [4.78, 5) is 4.76. The summed E-state index contributed by atoms with van der Waals surface area (Å²) in [6, 6.07) is 13.2. The number of phenolic OH excluding ortho intramolecular Hbond substituents is 1. The van der Waals surface area contributed by atoms with Crippen LogP contribution in [0.2, 0.25) is 5.02 Å². The average molecular weight is 330 g/mol. The minimum Gasteiger partial charge on any atom is -0.508 e. The molecule has 0 bridgehead atoms. The van der Waals surface area contributed by atoms with E-state index in [1.54, 1.807) is 6.07 Å². The van der Waals surface area contributed by atoms with Gasteiger partial charge in [0.25, 0.3) is 0 Å². The van der Waals surface area contributed by atoms with Gasteiger partial charge in [-0.05, 0) is 49.7 Å². The number of hydrogen-bond acceptors (Lipinski definition) is 3. The molecule has 0 amide bonds. The molecule has 0 spiro atoms. The Bertz CT molecular complexity index is 834. The standard InChI is InChI=1S/C18H20ClN3O/c1-18(2,20-11-12-8-13(19)10-14(23)9-12)17-21-15-6-4-5-7-16(15)22(17)3/h4-10,20,23H,11H2,1-3H3. The second-order valence-corrected chi connectivity index (χ2v) is 6.72. The molecule has 3 aromatic rings. The van der Waals surface area contributed by atoms with E-state index in [0.717, 1.165) is 22.4 Å². The number of nitrogens with one attached hydrogen (secondary N) is 1. The number of aryl methyl sites for hydroxylation is 1. The highest BCUT2D eigenvalue weighted by Gasteiger charge is 2.26. The van der Waals surface area contributed by atoms with Crippen LogP contribution < -0.4 is 5.32 Å². The van der Waals surface area contributed by atoms with Crippen LogP contribution in [0.3, 0.4) is 0 Å². The van der Waals surface area contributed by atoms with E-state index in [0.29, 0.717) is 11.6 Å². The summed E-state index contributed by atoms with van der Waals surface area (Å²) in [7, 11) is 2.03. The minimum atomic E-state index is -0.328. The number of rotatable bonds is 4. The van der Waals surface area contributed by atoms with E-state index in [2.05, 4.69) is 29.8 Å². The van der Waals surface area contributed by atoms with Crippen LogP contribution in [0.15, 0.2) is 42.5 Å². The van der Waals surface area contributed by atoms with E-state index in [1.165, 1.54) is 6.07 Å². The van der Waals surface area contributed by atoms with Crippen LogP contribution in [0.25, 0.3) is 11.0 Å². The Morgan fingerprint density at radius 2 is 1.96 bits per heavy atom. The Morgan fingerprint density at radius 3 is 2.65 bits per heavy atom. The highest BCUT2D eigenvalue weighted by molar-refractivity contribution is 6.30. The van der Waals surface area contributed by atoms with Gasteiger partial charge in [0.1, 0.15) is 11.6 Å². The number of fused-ring (bicyclic) bond motifs is 1. The second-order valence-electron chi connectivity index (χ2n) is 6.28. The zero-order valence-electron chi connectivity index (χ0n) is 13.5. The number of halogens is 1. The lowest BCUT2D eigenvalue weighted by Crippen LogP contribution is -2.38. The van der Waals surface area contributed by atoms with Gasteiger partial charge in [0, 0.05) is 18.6 Å². The third-order valence-electron chi connectivity index (χ3n) is 4.02. The van der Waals surface area contributed by atoms with E-state index in [4.69, 9.17) is 16.6 Å². The summed E-state index contributed by atoms with van der Waals surface area (Å²) in [6.07, 6.45) is 0. The zero-order chi connectivity index (χ0) is 16.6. The molecule has 0 aliphatic heterocycles. The van der Waals surface area contributed by atoms with Gasteiger partial charge in [0.15, 0.2) is 0 Å². The number of nitrogens with zero attached hydrogens (tertiary/aromatic N) is 2. The molecule has 0 atom stereocenters. The van der Waals surface area contributed by atoms with Gasteiger partial charge in [-0.3, -0.25) is 0 Å². The van der Waals surface area contributed by atoms with Crippen molar-refractivity contribution < 1.29 is 5.11 Å². The first kappa shape index (κ1) is 15.8. The average Bonchev–Trinajstić information content (AvgIpc) is 2.83. The number of aromatic hydroxyl groups is 1. The fraction of sp³-hybridized carbons (Fsp3) is 0.278. The van der Waals surface area contributed by atoms with Crippen LogP contribution >= 0.6 is 11.6 Å². The molecular weight excluding hydrogens is 310 g/mol. The van der Waals surface area contributed by atoms with Crippen LogP contribution in [0.5, 0.6) is 5.75 Å². The summed E-state index contributed by atoms with van der Waals surface area (Å²) in [5.74, 6) is 1.14. The van der Waals surface area contributed by atoms with Crippen LogP contribution in [0.4, 0.5) is 0 Å². The van der Waals surface area contributed by atoms with Crippen molar-refractivity contribution in [3.05, 3.63) is 58.9 Å². The SMILES string of the molecule is Cn1c(C(C)(C)NCc2cc(O)cc(Cl)c2)nc2ccccc21. The monoisotopic (exact) mass is 329 g/mol. The number of imidazole rings is 1. The largest absolute Gasteiger partial charge is 0.508 e. The third kappa shape index (κ3) is 3.19. The van der Waals surface area contributed by atoms with Crippen LogP contribution in [-0.2, 0) is 19.1 Å². The van der Waals surface area contributed by atoms with E-state index in [-0.39, 0.29) is 11.3 Å². The fourth-order valence-electron chi connectivity index (χ4n) is 2.84. The van der Waals surface area contributed by atoms with Crippen LogP contribution in [-0.4, -0.2) is 14.7 Å². The highest BCUT2D eigenvalue weighted by Crippen LogP contribution is 2.25. The van der Waals surface area contributed by atoms with Crippen molar-refractivity contribution in [2.45, 2.75) is 25.9 Å². The van der Waals surface area contributed by atoms with Crippen molar-refractivity contribution in [3.8, 4) is 5.75 Å². The van der Waals surface area contributed by atoms with Gasteiger partial charge in [0.2, 0.25) is 0 Å². The molecule has 0 aliphatic rings. The lowest BCUT2D eigenvalue weighted by Gasteiger charge is -2.26. The quantitative estimate of drug-likeness (QED) is 0.761. The zero-order valence-corrected chi connectivity index (χ0v) is 14.2. The highest BCUT2D eigenvalue weighted by atomic mass is 35.5. The molecule has 2 aromatic carbocycles. The smallest absolute Gasteiger partial charge is 0.129 e. The molecule has 4 nitrogen and oxygen atoms in total. The Hall–Kier alpha value is -2.04. The summed E-state index contributed by atoms with van der Waals surface area (Å²) in [6.45, 7) is 4.78. The van der Waals surface area contributed by atoms with Crippen molar-refractivity contribution in [3.63, 3.8) is 0 Å². The first-order valence-corrected chi connectivity index (χ1v) is 7.90. The summed E-state index contributed by atoms with van der Waals surface area (Å²) >= 11 is 5.99. The van der Waals surface area contributed by atoms with Gasteiger partial charge in [-0.2, -0.15) is 0 Å². The Kier molecular flexibility index (Phi) is 4.04. The van der Waals surface area contributed by atoms with Crippen molar-refractivity contribution in [1.82, 2.24) is 14.9 Å². The molecule has 0 aliphatic carbocycles. The lowest BCUT2D eigenvalue weighted by atomic mass is 10.0. The number of benzene rings is 2. The maximum absolute atomic E-state index is 9.65. The predicted octanol–water partition coefficient (Wildman–Crippen LogP) is 3.96. The first-order chi connectivity index (χ1) is 10.9. The Labute approximate surface area is 140 Å². The summed E-state index contributed by atoms with van der Waals surface area (Å²) < 4.78 is 2.11. The number of aromatic nitrogens is 2. The molecule has 0 fully saturated rings. The van der Waals surface area contributed by atoms with E-state index < -0.39 is 0 Å². The number of para-hydroxylation sites is 2. The fourth-order valence-corrected chi connectivity index (χ4v) is 3.09.